The first-order valence-corrected chi connectivity index (χ1v) is 5.61. The van der Waals surface area contributed by atoms with Gasteiger partial charge in [0.15, 0.2) is 0 Å². The minimum Gasteiger partial charge on any atom is -0.539 e. The fourth-order valence-corrected chi connectivity index (χ4v) is 2.22. The average molecular weight is 227 g/mol. The maximum Gasteiger partial charge on any atom is 1.00 e. The summed E-state index contributed by atoms with van der Waals surface area (Å²) >= 11 is 0. The number of hydrogen-bond donors (Lipinski definition) is 0. The van der Waals surface area contributed by atoms with Gasteiger partial charge in [0.25, 0.3) is 0 Å². The van der Waals surface area contributed by atoms with Gasteiger partial charge in [0.2, 0.25) is 0 Å². The van der Waals surface area contributed by atoms with Gasteiger partial charge in [-0.15, -0.1) is 0 Å². The number of fused-ring (bicyclic) bond motifs is 3. The first kappa shape index (κ1) is 13.1. The minimum absolute atomic E-state index is 0. The van der Waals surface area contributed by atoms with Crippen LogP contribution in [0.4, 0.5) is 0 Å². The Morgan fingerprint density at radius 1 is 1.18 bits per heavy atom. The summed E-state index contributed by atoms with van der Waals surface area (Å²) in [5.41, 5.74) is 1.72. The van der Waals surface area contributed by atoms with E-state index in [0.29, 0.717) is 19.8 Å². The molecule has 0 unspecified atom stereocenters. The van der Waals surface area contributed by atoms with Gasteiger partial charge in [-0.05, 0) is 18.6 Å². The summed E-state index contributed by atoms with van der Waals surface area (Å²) in [5.74, 6) is 0. The van der Waals surface area contributed by atoms with Crippen LogP contribution in [-0.4, -0.2) is 31.6 Å². The molecule has 3 saturated heterocycles. The molecule has 1 aromatic heterocycles. The zero-order valence-electron chi connectivity index (χ0n) is 10.6. The van der Waals surface area contributed by atoms with Crippen molar-refractivity contribution in [3.63, 3.8) is 0 Å². The maximum atomic E-state index is 5.76. The first-order valence-electron chi connectivity index (χ1n) is 5.61. The number of aryl methyl sites for hydroxylation is 1. The Morgan fingerprint density at radius 3 is 2.29 bits per heavy atom. The molecule has 0 spiro atoms. The number of nitrogens with zero attached hydrogens (tertiary/aromatic N) is 1. The molecule has 0 aromatic carbocycles. The van der Waals surface area contributed by atoms with E-state index >= 15 is 0 Å². The van der Waals surface area contributed by atoms with Gasteiger partial charge >= 0.3 is 25.6 Å². The number of pyridine rings is 1. The van der Waals surface area contributed by atoms with E-state index in [0.717, 1.165) is 11.3 Å². The molecule has 3 fully saturated rings. The third kappa shape index (κ3) is 2.19. The fourth-order valence-electron chi connectivity index (χ4n) is 2.22. The van der Waals surface area contributed by atoms with Gasteiger partial charge in [0.1, 0.15) is 0 Å². The van der Waals surface area contributed by atoms with Crippen molar-refractivity contribution in [2.75, 3.05) is 19.8 Å². The summed E-state index contributed by atoms with van der Waals surface area (Å²) in [5, 5.41) is 0. The second kappa shape index (κ2) is 4.42. The standard InChI is InChI=1S/C11H15BNO3.Li/c1-9-4-3-5-10(13-9)12-14-6-11(2,7-15-12)8-16-12;/h3-5H,6-8H2,1-2H3;/q-1;+1. The van der Waals surface area contributed by atoms with Crippen molar-refractivity contribution in [3.05, 3.63) is 23.9 Å². The van der Waals surface area contributed by atoms with Crippen LogP contribution in [0.5, 0.6) is 0 Å². The van der Waals surface area contributed by atoms with Crippen molar-refractivity contribution in [3.8, 4) is 0 Å². The van der Waals surface area contributed by atoms with Gasteiger partial charge in [-0.25, -0.2) is 0 Å². The quantitative estimate of drug-likeness (QED) is 0.502. The van der Waals surface area contributed by atoms with Gasteiger partial charge in [0.05, 0.1) is 0 Å². The molecule has 4 nitrogen and oxygen atoms in total. The Labute approximate surface area is 113 Å². The molecule has 0 aliphatic carbocycles. The van der Waals surface area contributed by atoms with Crippen molar-refractivity contribution in [2.24, 2.45) is 5.41 Å². The van der Waals surface area contributed by atoms with Crippen LogP contribution in [0.2, 0.25) is 0 Å². The molecule has 0 atom stereocenters. The molecule has 0 radical (unpaired) electrons. The summed E-state index contributed by atoms with van der Waals surface area (Å²) in [4.78, 5) is 4.44. The smallest absolute Gasteiger partial charge is 0.539 e. The predicted molar refractivity (Wildman–Crippen MR) is 60.3 cm³/mol. The molecule has 17 heavy (non-hydrogen) atoms. The SMILES string of the molecule is Cc1cccc([B-]23OCC(C)(CO2)CO3)n1.[Li+]. The van der Waals surface area contributed by atoms with Gasteiger partial charge in [-0.1, -0.05) is 19.1 Å². The van der Waals surface area contributed by atoms with Crippen LogP contribution in [0.1, 0.15) is 12.6 Å². The molecule has 0 saturated carbocycles. The Balaban J connectivity index is 0.00000108. The Morgan fingerprint density at radius 2 is 1.76 bits per heavy atom. The van der Waals surface area contributed by atoms with Crippen LogP contribution in [-0.2, 0) is 14.0 Å². The molecule has 2 bridgehead atoms. The third-order valence-electron chi connectivity index (χ3n) is 3.23. The molecule has 86 valence electrons. The van der Waals surface area contributed by atoms with Crippen LogP contribution in [0.3, 0.4) is 0 Å². The predicted octanol–water partition coefficient (Wildman–Crippen LogP) is -2.38. The summed E-state index contributed by atoms with van der Waals surface area (Å²) in [7, 11) is 0. The molecular weight excluding hydrogens is 212 g/mol. The summed E-state index contributed by atoms with van der Waals surface area (Å²) in [6, 6.07) is 5.81. The maximum absolute atomic E-state index is 5.76. The molecule has 3 aliphatic heterocycles. The molecule has 1 aromatic rings. The third-order valence-corrected chi connectivity index (χ3v) is 3.23. The summed E-state index contributed by atoms with van der Waals surface area (Å²) in [6.07, 6.45) is 0. The summed E-state index contributed by atoms with van der Waals surface area (Å²) in [6.45, 7) is 4.33. The zero-order valence-corrected chi connectivity index (χ0v) is 10.6. The minimum atomic E-state index is -1.78. The van der Waals surface area contributed by atoms with E-state index in [9.17, 15) is 0 Å². The van der Waals surface area contributed by atoms with Crippen molar-refractivity contribution < 1.29 is 32.8 Å². The molecule has 6 heteroatoms. The van der Waals surface area contributed by atoms with E-state index in [-0.39, 0.29) is 24.3 Å². The summed E-state index contributed by atoms with van der Waals surface area (Å²) < 4.78 is 17.3. The van der Waals surface area contributed by atoms with Gasteiger partial charge < -0.3 is 14.0 Å². The van der Waals surface area contributed by atoms with Crippen molar-refractivity contribution >= 4 is 12.3 Å². The zero-order chi connectivity index (χ0) is 11.2. The van der Waals surface area contributed by atoms with Gasteiger partial charge in [-0.2, -0.15) is 0 Å². The molecule has 0 amide bonds. The topological polar surface area (TPSA) is 40.6 Å². The van der Waals surface area contributed by atoms with E-state index < -0.39 is 6.75 Å². The second-order valence-electron chi connectivity index (χ2n) is 5.09. The fraction of sp³-hybridized carbons (Fsp3) is 0.545. The molecule has 4 rings (SSSR count). The van der Waals surface area contributed by atoms with Crippen LogP contribution < -0.4 is 24.5 Å². The van der Waals surface area contributed by atoms with Crippen molar-refractivity contribution in [1.29, 1.82) is 0 Å². The molecule has 0 N–H and O–H groups in total. The van der Waals surface area contributed by atoms with Crippen LogP contribution >= 0.6 is 0 Å². The molecule has 3 aliphatic rings. The van der Waals surface area contributed by atoms with Crippen LogP contribution in [0.25, 0.3) is 0 Å². The van der Waals surface area contributed by atoms with Gasteiger partial charge in [-0.3, -0.25) is 4.98 Å². The van der Waals surface area contributed by atoms with Crippen molar-refractivity contribution in [2.45, 2.75) is 13.8 Å². The first-order chi connectivity index (χ1) is 7.62. The van der Waals surface area contributed by atoms with Crippen LogP contribution in [0.15, 0.2) is 18.2 Å². The van der Waals surface area contributed by atoms with Gasteiger partial charge in [0, 0.05) is 30.9 Å². The number of hydrogen-bond acceptors (Lipinski definition) is 4. The molecular formula is C11H15BLiNO3. The largest absolute Gasteiger partial charge is 1.00 e. The Hall–Kier alpha value is -0.308. The van der Waals surface area contributed by atoms with E-state index in [1.165, 1.54) is 0 Å². The van der Waals surface area contributed by atoms with E-state index in [4.69, 9.17) is 14.0 Å². The van der Waals surface area contributed by atoms with E-state index in [1.807, 2.05) is 25.1 Å². The van der Waals surface area contributed by atoms with Crippen LogP contribution in [0, 0.1) is 12.3 Å². The molecule has 4 heterocycles. The van der Waals surface area contributed by atoms with E-state index in [2.05, 4.69) is 11.9 Å². The average Bonchev–Trinajstić information content (AvgIpc) is 2.30. The number of rotatable bonds is 1. The monoisotopic (exact) mass is 227 g/mol. The Bertz CT molecular complexity index is 404. The number of aromatic nitrogens is 1. The second-order valence-corrected chi connectivity index (χ2v) is 5.09. The normalized spacial score (nSPS) is 35.4. The Kier molecular flexibility index (Phi) is 3.41. The van der Waals surface area contributed by atoms with E-state index in [1.54, 1.807) is 0 Å². The van der Waals surface area contributed by atoms with Crippen molar-refractivity contribution in [1.82, 2.24) is 4.98 Å².